The molecule has 4 nitrogen and oxygen atoms in total. The van der Waals surface area contributed by atoms with E-state index in [1.54, 1.807) is 30.3 Å². The molecule has 0 aliphatic rings. The molecule has 1 aromatic carbocycles. The standard InChI is InChI=1S/C15H13Cl2N3O/c1-2-7-19-14-12(16)8-13(17)15(20-14)21-11-5-3-10(9-18)4-6-11/h3-6,8H,2,7H2,1H3,(H,19,20). The van der Waals surface area contributed by atoms with Gasteiger partial charge in [0, 0.05) is 6.54 Å². The number of nitrogens with zero attached hydrogens (tertiary/aromatic N) is 2. The first-order valence-corrected chi connectivity index (χ1v) is 7.17. The maximum atomic E-state index is 8.76. The molecule has 0 unspecified atom stereocenters. The van der Waals surface area contributed by atoms with Gasteiger partial charge in [-0.15, -0.1) is 0 Å². The third-order valence-electron chi connectivity index (χ3n) is 2.64. The van der Waals surface area contributed by atoms with Crippen LogP contribution in [0.1, 0.15) is 18.9 Å². The van der Waals surface area contributed by atoms with E-state index in [0.29, 0.717) is 27.2 Å². The van der Waals surface area contributed by atoms with Crippen molar-refractivity contribution in [2.45, 2.75) is 13.3 Å². The molecule has 0 fully saturated rings. The van der Waals surface area contributed by atoms with E-state index in [9.17, 15) is 0 Å². The first-order chi connectivity index (χ1) is 10.1. The maximum Gasteiger partial charge on any atom is 0.240 e. The second-order valence-electron chi connectivity index (χ2n) is 4.27. The van der Waals surface area contributed by atoms with Gasteiger partial charge in [-0.1, -0.05) is 30.1 Å². The van der Waals surface area contributed by atoms with Gasteiger partial charge in [0.2, 0.25) is 5.88 Å². The summed E-state index contributed by atoms with van der Waals surface area (Å²) in [4.78, 5) is 4.28. The Hall–Kier alpha value is -1.96. The Morgan fingerprint density at radius 3 is 2.57 bits per heavy atom. The van der Waals surface area contributed by atoms with Crippen molar-refractivity contribution in [2.75, 3.05) is 11.9 Å². The van der Waals surface area contributed by atoms with Crippen LogP contribution in [0.15, 0.2) is 30.3 Å². The van der Waals surface area contributed by atoms with Crippen molar-refractivity contribution in [3.8, 4) is 17.7 Å². The fourth-order valence-electron chi connectivity index (χ4n) is 1.60. The van der Waals surface area contributed by atoms with Crippen LogP contribution in [0.4, 0.5) is 5.82 Å². The predicted molar refractivity (Wildman–Crippen MR) is 84.3 cm³/mol. The number of hydrogen-bond donors (Lipinski definition) is 1. The lowest BCUT2D eigenvalue weighted by Gasteiger charge is -2.11. The van der Waals surface area contributed by atoms with Gasteiger partial charge in [0.15, 0.2) is 0 Å². The van der Waals surface area contributed by atoms with Gasteiger partial charge in [-0.3, -0.25) is 0 Å². The first-order valence-electron chi connectivity index (χ1n) is 6.42. The average Bonchev–Trinajstić information content (AvgIpc) is 2.49. The summed E-state index contributed by atoms with van der Waals surface area (Å²) >= 11 is 12.2. The predicted octanol–water partition coefficient (Wildman–Crippen LogP) is 4.87. The lowest BCUT2D eigenvalue weighted by atomic mass is 10.2. The molecule has 0 aliphatic carbocycles. The Morgan fingerprint density at radius 2 is 1.95 bits per heavy atom. The Morgan fingerprint density at radius 1 is 1.24 bits per heavy atom. The van der Waals surface area contributed by atoms with E-state index in [4.69, 9.17) is 33.2 Å². The summed E-state index contributed by atoms with van der Waals surface area (Å²) in [5.41, 5.74) is 0.558. The van der Waals surface area contributed by atoms with Crippen molar-refractivity contribution in [1.82, 2.24) is 4.98 Å². The van der Waals surface area contributed by atoms with Gasteiger partial charge in [0.05, 0.1) is 16.7 Å². The van der Waals surface area contributed by atoms with Crippen LogP contribution in [-0.4, -0.2) is 11.5 Å². The van der Waals surface area contributed by atoms with E-state index in [0.717, 1.165) is 13.0 Å². The third kappa shape index (κ3) is 4.01. The number of pyridine rings is 1. The fourth-order valence-corrected chi connectivity index (χ4v) is 2.06. The number of halogens is 2. The molecule has 0 aliphatic heterocycles. The Kier molecular flexibility index (Phi) is 5.26. The highest BCUT2D eigenvalue weighted by atomic mass is 35.5. The van der Waals surface area contributed by atoms with E-state index in [-0.39, 0.29) is 5.88 Å². The topological polar surface area (TPSA) is 57.9 Å². The number of aromatic nitrogens is 1. The molecule has 0 saturated heterocycles. The summed E-state index contributed by atoms with van der Waals surface area (Å²) in [6.07, 6.45) is 0.951. The van der Waals surface area contributed by atoms with Gasteiger partial charge >= 0.3 is 0 Å². The quantitative estimate of drug-likeness (QED) is 0.853. The average molecular weight is 322 g/mol. The van der Waals surface area contributed by atoms with Crippen LogP contribution in [-0.2, 0) is 0 Å². The summed E-state index contributed by atoms with van der Waals surface area (Å²) in [6.45, 7) is 2.80. The fraction of sp³-hybridized carbons (Fsp3) is 0.200. The Labute approximate surface area is 133 Å². The van der Waals surface area contributed by atoms with Crippen molar-refractivity contribution in [3.05, 3.63) is 45.9 Å². The number of hydrogen-bond acceptors (Lipinski definition) is 4. The van der Waals surface area contributed by atoms with Crippen molar-refractivity contribution in [1.29, 1.82) is 5.26 Å². The van der Waals surface area contributed by atoms with Crippen LogP contribution in [0.5, 0.6) is 11.6 Å². The monoisotopic (exact) mass is 321 g/mol. The highest BCUT2D eigenvalue weighted by Gasteiger charge is 2.11. The van der Waals surface area contributed by atoms with Crippen molar-refractivity contribution in [2.24, 2.45) is 0 Å². The van der Waals surface area contributed by atoms with E-state index in [1.807, 2.05) is 13.0 Å². The van der Waals surface area contributed by atoms with Crippen LogP contribution >= 0.6 is 23.2 Å². The number of nitrogens with one attached hydrogen (secondary N) is 1. The summed E-state index contributed by atoms with van der Waals surface area (Å²) in [7, 11) is 0. The SMILES string of the molecule is CCCNc1nc(Oc2ccc(C#N)cc2)c(Cl)cc1Cl. The van der Waals surface area contributed by atoms with Gasteiger partial charge in [-0.25, -0.2) is 0 Å². The normalized spacial score (nSPS) is 10.0. The molecule has 0 atom stereocenters. The summed E-state index contributed by atoms with van der Waals surface area (Å²) in [5.74, 6) is 1.35. The van der Waals surface area contributed by atoms with E-state index in [2.05, 4.69) is 10.3 Å². The van der Waals surface area contributed by atoms with Crippen LogP contribution in [0.2, 0.25) is 10.0 Å². The molecule has 2 aromatic rings. The largest absolute Gasteiger partial charge is 0.437 e. The molecular formula is C15H13Cl2N3O. The zero-order valence-corrected chi connectivity index (χ0v) is 12.9. The molecule has 0 radical (unpaired) electrons. The molecule has 0 amide bonds. The van der Waals surface area contributed by atoms with Gasteiger partial charge in [0.25, 0.3) is 0 Å². The number of rotatable bonds is 5. The maximum absolute atomic E-state index is 8.76. The minimum absolute atomic E-state index is 0.268. The van der Waals surface area contributed by atoms with E-state index in [1.165, 1.54) is 0 Å². The van der Waals surface area contributed by atoms with Crippen molar-refractivity contribution in [3.63, 3.8) is 0 Å². The third-order valence-corrected chi connectivity index (χ3v) is 3.20. The molecule has 1 heterocycles. The van der Waals surface area contributed by atoms with E-state index >= 15 is 0 Å². The Balaban J connectivity index is 2.23. The van der Waals surface area contributed by atoms with Gasteiger partial charge in [0.1, 0.15) is 16.6 Å². The molecule has 21 heavy (non-hydrogen) atoms. The molecule has 1 aromatic heterocycles. The molecule has 0 saturated carbocycles. The number of anilines is 1. The van der Waals surface area contributed by atoms with Gasteiger partial charge < -0.3 is 10.1 Å². The van der Waals surface area contributed by atoms with Crippen LogP contribution in [0.3, 0.4) is 0 Å². The minimum atomic E-state index is 0.268. The van der Waals surface area contributed by atoms with Gasteiger partial charge in [-0.05, 0) is 36.8 Å². The molecule has 108 valence electrons. The smallest absolute Gasteiger partial charge is 0.240 e. The second kappa shape index (κ2) is 7.16. The molecule has 6 heteroatoms. The van der Waals surface area contributed by atoms with Crippen LogP contribution in [0, 0.1) is 11.3 Å². The molecule has 1 N–H and O–H groups in total. The summed E-state index contributed by atoms with van der Waals surface area (Å²) in [5, 5.41) is 12.6. The molecule has 0 bridgehead atoms. The molecular weight excluding hydrogens is 309 g/mol. The second-order valence-corrected chi connectivity index (χ2v) is 5.09. The van der Waals surface area contributed by atoms with Crippen molar-refractivity contribution >= 4 is 29.0 Å². The van der Waals surface area contributed by atoms with E-state index < -0.39 is 0 Å². The first kappa shape index (κ1) is 15.4. The Bertz CT molecular complexity index is 666. The van der Waals surface area contributed by atoms with Crippen LogP contribution in [0.25, 0.3) is 0 Å². The van der Waals surface area contributed by atoms with Gasteiger partial charge in [-0.2, -0.15) is 10.2 Å². The zero-order chi connectivity index (χ0) is 15.2. The number of nitriles is 1. The molecule has 2 rings (SSSR count). The van der Waals surface area contributed by atoms with Crippen LogP contribution < -0.4 is 10.1 Å². The number of benzene rings is 1. The molecule has 0 spiro atoms. The lowest BCUT2D eigenvalue weighted by molar-refractivity contribution is 0.464. The summed E-state index contributed by atoms with van der Waals surface area (Å²) < 4.78 is 5.63. The lowest BCUT2D eigenvalue weighted by Crippen LogP contribution is -2.03. The highest BCUT2D eigenvalue weighted by molar-refractivity contribution is 6.36. The number of ether oxygens (including phenoxy) is 1. The van der Waals surface area contributed by atoms with Crippen molar-refractivity contribution < 1.29 is 4.74 Å². The summed E-state index contributed by atoms with van der Waals surface area (Å²) in [6, 6.07) is 10.3. The highest BCUT2D eigenvalue weighted by Crippen LogP contribution is 2.33. The zero-order valence-electron chi connectivity index (χ0n) is 11.4. The minimum Gasteiger partial charge on any atom is -0.437 e.